The van der Waals surface area contributed by atoms with Crippen LogP contribution in [0.2, 0.25) is 5.02 Å². The molecule has 0 spiro atoms. The van der Waals surface area contributed by atoms with Gasteiger partial charge in [-0.15, -0.1) is 0 Å². The number of ether oxygens (including phenoxy) is 1. The van der Waals surface area contributed by atoms with Crippen molar-refractivity contribution in [1.29, 1.82) is 0 Å². The zero-order valence-corrected chi connectivity index (χ0v) is 14.0. The summed E-state index contributed by atoms with van der Waals surface area (Å²) in [5.74, 6) is 0.629. The van der Waals surface area contributed by atoms with Gasteiger partial charge in [0.1, 0.15) is 5.75 Å². The Labute approximate surface area is 133 Å². The standard InChI is InChI=1S/C17H26ClNO2/c1-4-5-6-7-8-11-19-17(20)14(3)21-16-10-9-15(18)12-13(16)2/h9-10,12,14H,4-8,11H2,1-3H3,(H,19,20). The van der Waals surface area contributed by atoms with Crippen LogP contribution in [0.1, 0.15) is 51.5 Å². The van der Waals surface area contributed by atoms with Crippen molar-refractivity contribution in [1.82, 2.24) is 5.32 Å². The Hall–Kier alpha value is -1.22. The minimum atomic E-state index is -0.500. The maximum absolute atomic E-state index is 12.0. The second-order valence-electron chi connectivity index (χ2n) is 5.38. The van der Waals surface area contributed by atoms with Gasteiger partial charge < -0.3 is 10.1 Å². The number of benzene rings is 1. The van der Waals surface area contributed by atoms with Crippen molar-refractivity contribution in [3.05, 3.63) is 28.8 Å². The average molecular weight is 312 g/mol. The van der Waals surface area contributed by atoms with Crippen molar-refractivity contribution in [3.63, 3.8) is 0 Å². The molecule has 1 rings (SSSR count). The van der Waals surface area contributed by atoms with E-state index in [4.69, 9.17) is 16.3 Å². The molecular weight excluding hydrogens is 286 g/mol. The first-order chi connectivity index (χ1) is 10.0. The first kappa shape index (κ1) is 17.8. The summed E-state index contributed by atoms with van der Waals surface area (Å²) in [4.78, 5) is 12.0. The Balaban J connectivity index is 2.30. The predicted octanol–water partition coefficient (Wildman–Crippen LogP) is 4.50. The Morgan fingerprint density at radius 1 is 1.29 bits per heavy atom. The summed E-state index contributed by atoms with van der Waals surface area (Å²) in [5, 5.41) is 3.59. The summed E-state index contributed by atoms with van der Waals surface area (Å²) in [6.07, 6.45) is 5.43. The number of rotatable bonds is 9. The molecule has 118 valence electrons. The van der Waals surface area contributed by atoms with Crippen molar-refractivity contribution in [3.8, 4) is 5.75 Å². The molecule has 0 aromatic heterocycles. The Kier molecular flexibility index (Phi) is 8.21. The lowest BCUT2D eigenvalue weighted by Crippen LogP contribution is -2.36. The molecule has 4 heteroatoms. The van der Waals surface area contributed by atoms with Gasteiger partial charge in [-0.3, -0.25) is 4.79 Å². The second kappa shape index (κ2) is 9.67. The highest BCUT2D eigenvalue weighted by Crippen LogP contribution is 2.22. The number of carbonyl (C=O) groups excluding carboxylic acids is 1. The van der Waals surface area contributed by atoms with E-state index < -0.39 is 6.10 Å². The number of unbranched alkanes of at least 4 members (excludes halogenated alkanes) is 4. The van der Waals surface area contributed by atoms with Crippen LogP contribution in [0.4, 0.5) is 0 Å². The van der Waals surface area contributed by atoms with E-state index in [1.54, 1.807) is 19.1 Å². The fourth-order valence-electron chi connectivity index (χ4n) is 2.07. The van der Waals surface area contributed by atoms with Crippen LogP contribution in [0.5, 0.6) is 5.75 Å². The Morgan fingerprint density at radius 3 is 2.67 bits per heavy atom. The van der Waals surface area contributed by atoms with Crippen LogP contribution < -0.4 is 10.1 Å². The van der Waals surface area contributed by atoms with Crippen molar-refractivity contribution < 1.29 is 9.53 Å². The molecule has 0 heterocycles. The third-order valence-corrected chi connectivity index (χ3v) is 3.62. The SMILES string of the molecule is CCCCCCCNC(=O)C(C)Oc1ccc(Cl)cc1C. The lowest BCUT2D eigenvalue weighted by atomic mass is 10.1. The number of halogens is 1. The Morgan fingerprint density at radius 2 is 2.00 bits per heavy atom. The number of hydrogen-bond acceptors (Lipinski definition) is 2. The number of amides is 1. The van der Waals surface area contributed by atoms with Gasteiger partial charge in [-0.1, -0.05) is 44.2 Å². The predicted molar refractivity (Wildman–Crippen MR) is 88.0 cm³/mol. The highest BCUT2D eigenvalue weighted by Gasteiger charge is 2.15. The summed E-state index contributed by atoms with van der Waals surface area (Å²) >= 11 is 5.90. The molecule has 0 bridgehead atoms. The van der Waals surface area contributed by atoms with Crippen LogP contribution in [0.3, 0.4) is 0 Å². The topological polar surface area (TPSA) is 38.3 Å². The number of carbonyl (C=O) groups is 1. The molecule has 0 radical (unpaired) electrons. The van der Waals surface area contributed by atoms with E-state index in [0.29, 0.717) is 10.8 Å². The molecule has 1 aromatic rings. The zero-order valence-electron chi connectivity index (χ0n) is 13.2. The lowest BCUT2D eigenvalue weighted by Gasteiger charge is -2.16. The first-order valence-electron chi connectivity index (χ1n) is 7.75. The molecule has 0 saturated carbocycles. The summed E-state index contributed by atoms with van der Waals surface area (Å²) in [7, 11) is 0. The smallest absolute Gasteiger partial charge is 0.260 e. The van der Waals surface area contributed by atoms with Gasteiger partial charge in [-0.05, 0) is 44.0 Å². The molecule has 0 aliphatic heterocycles. The third kappa shape index (κ3) is 6.85. The van der Waals surface area contributed by atoms with E-state index in [0.717, 1.165) is 18.5 Å². The van der Waals surface area contributed by atoms with E-state index in [-0.39, 0.29) is 5.91 Å². The number of hydrogen-bond donors (Lipinski definition) is 1. The molecule has 0 saturated heterocycles. The lowest BCUT2D eigenvalue weighted by molar-refractivity contribution is -0.127. The van der Waals surface area contributed by atoms with Crippen LogP contribution >= 0.6 is 11.6 Å². The van der Waals surface area contributed by atoms with Crippen LogP contribution in [-0.2, 0) is 4.79 Å². The van der Waals surface area contributed by atoms with Gasteiger partial charge in [0, 0.05) is 11.6 Å². The highest BCUT2D eigenvalue weighted by atomic mass is 35.5. The summed E-state index contributed by atoms with van der Waals surface area (Å²) in [6, 6.07) is 5.39. The first-order valence-corrected chi connectivity index (χ1v) is 8.13. The van der Waals surface area contributed by atoms with Gasteiger partial charge in [0.25, 0.3) is 5.91 Å². The van der Waals surface area contributed by atoms with E-state index in [1.165, 1.54) is 25.7 Å². The van der Waals surface area contributed by atoms with Gasteiger partial charge in [0.2, 0.25) is 0 Å². The molecular formula is C17H26ClNO2. The monoisotopic (exact) mass is 311 g/mol. The van der Waals surface area contributed by atoms with E-state index in [2.05, 4.69) is 12.2 Å². The number of aryl methyl sites for hydroxylation is 1. The van der Waals surface area contributed by atoms with Gasteiger partial charge in [-0.25, -0.2) is 0 Å². The van der Waals surface area contributed by atoms with E-state index in [1.807, 2.05) is 13.0 Å². The minimum absolute atomic E-state index is 0.0696. The third-order valence-electron chi connectivity index (χ3n) is 3.39. The summed E-state index contributed by atoms with van der Waals surface area (Å²) < 4.78 is 5.69. The van der Waals surface area contributed by atoms with Crippen LogP contribution in [0, 0.1) is 6.92 Å². The largest absolute Gasteiger partial charge is 0.481 e. The molecule has 1 unspecified atom stereocenters. The van der Waals surface area contributed by atoms with Gasteiger partial charge >= 0.3 is 0 Å². The fourth-order valence-corrected chi connectivity index (χ4v) is 2.30. The molecule has 21 heavy (non-hydrogen) atoms. The van der Waals surface area contributed by atoms with Gasteiger partial charge in [0.05, 0.1) is 0 Å². The molecule has 0 fully saturated rings. The molecule has 1 atom stereocenters. The van der Waals surface area contributed by atoms with Crippen molar-refractivity contribution in [2.75, 3.05) is 6.54 Å². The molecule has 3 nitrogen and oxygen atoms in total. The van der Waals surface area contributed by atoms with Crippen LogP contribution in [0.15, 0.2) is 18.2 Å². The number of nitrogens with one attached hydrogen (secondary N) is 1. The molecule has 1 amide bonds. The maximum atomic E-state index is 12.0. The minimum Gasteiger partial charge on any atom is -0.481 e. The molecule has 0 aliphatic carbocycles. The van der Waals surface area contributed by atoms with Gasteiger partial charge in [-0.2, -0.15) is 0 Å². The fraction of sp³-hybridized carbons (Fsp3) is 0.588. The summed E-state index contributed by atoms with van der Waals surface area (Å²) in [6.45, 7) is 6.59. The average Bonchev–Trinajstić information content (AvgIpc) is 2.45. The second-order valence-corrected chi connectivity index (χ2v) is 5.81. The molecule has 1 aromatic carbocycles. The van der Waals surface area contributed by atoms with Crippen molar-refractivity contribution in [2.45, 2.75) is 59.0 Å². The molecule has 1 N–H and O–H groups in total. The van der Waals surface area contributed by atoms with E-state index >= 15 is 0 Å². The maximum Gasteiger partial charge on any atom is 0.260 e. The van der Waals surface area contributed by atoms with Gasteiger partial charge in [0.15, 0.2) is 6.10 Å². The van der Waals surface area contributed by atoms with Crippen LogP contribution in [-0.4, -0.2) is 18.6 Å². The van der Waals surface area contributed by atoms with Crippen molar-refractivity contribution in [2.24, 2.45) is 0 Å². The normalized spacial score (nSPS) is 12.0. The zero-order chi connectivity index (χ0) is 15.7. The van der Waals surface area contributed by atoms with Crippen molar-refractivity contribution >= 4 is 17.5 Å². The van der Waals surface area contributed by atoms with E-state index in [9.17, 15) is 4.79 Å². The molecule has 0 aliphatic rings. The van der Waals surface area contributed by atoms with Crippen LogP contribution in [0.25, 0.3) is 0 Å². The highest BCUT2D eigenvalue weighted by molar-refractivity contribution is 6.30. The quantitative estimate of drug-likeness (QED) is 0.682. The summed E-state index contributed by atoms with van der Waals surface area (Å²) in [5.41, 5.74) is 0.932. The Bertz CT molecular complexity index is 448.